The zero-order valence-electron chi connectivity index (χ0n) is 16.1. The topological polar surface area (TPSA) is 27.7 Å². The van der Waals surface area contributed by atoms with Gasteiger partial charge in [0.05, 0.1) is 18.3 Å². The second-order valence-corrected chi connectivity index (χ2v) is 7.39. The lowest BCUT2D eigenvalue weighted by Gasteiger charge is -2.24. The first-order chi connectivity index (χ1) is 11.9. The summed E-state index contributed by atoms with van der Waals surface area (Å²) in [5.41, 5.74) is 4.97. The Morgan fingerprint density at radius 3 is 1.96 bits per heavy atom. The van der Waals surface area contributed by atoms with E-state index in [0.717, 1.165) is 23.7 Å². The van der Waals surface area contributed by atoms with Crippen molar-refractivity contribution in [3.8, 4) is 28.4 Å². The molecule has 0 saturated carbocycles. The van der Waals surface area contributed by atoms with Gasteiger partial charge in [-0.2, -0.15) is 0 Å². The zero-order chi connectivity index (χ0) is 18.1. The minimum atomic E-state index is 0.0471. The van der Waals surface area contributed by atoms with Crippen molar-refractivity contribution in [3.05, 3.63) is 41.5 Å². The van der Waals surface area contributed by atoms with Crippen molar-refractivity contribution in [2.75, 3.05) is 0 Å². The van der Waals surface area contributed by atoms with Crippen LogP contribution in [0.15, 0.2) is 30.3 Å². The largest absolute Gasteiger partial charge is 0.487 e. The molecule has 0 aliphatic heterocycles. The summed E-state index contributed by atoms with van der Waals surface area (Å²) < 4.78 is 18.5. The van der Waals surface area contributed by atoms with Crippen LogP contribution in [0.3, 0.4) is 0 Å². The molecule has 25 heavy (non-hydrogen) atoms. The molecule has 2 aromatic carbocycles. The molecule has 0 unspecified atom stereocenters. The van der Waals surface area contributed by atoms with Crippen LogP contribution in [-0.2, 0) is 6.42 Å². The number of ether oxygens (including phenoxy) is 3. The number of hydrogen-bond donors (Lipinski definition) is 0. The number of benzene rings is 2. The highest BCUT2D eigenvalue weighted by Gasteiger charge is 2.29. The van der Waals surface area contributed by atoms with Gasteiger partial charge in [0, 0.05) is 12.0 Å². The Morgan fingerprint density at radius 2 is 1.32 bits per heavy atom. The summed E-state index contributed by atoms with van der Waals surface area (Å²) in [5, 5.41) is 0. The van der Waals surface area contributed by atoms with E-state index in [1.54, 1.807) is 0 Å². The first kappa shape index (κ1) is 17.7. The van der Waals surface area contributed by atoms with Crippen LogP contribution < -0.4 is 14.2 Å². The molecule has 3 nitrogen and oxygen atoms in total. The van der Waals surface area contributed by atoms with E-state index in [1.165, 1.54) is 22.3 Å². The monoisotopic (exact) mass is 340 g/mol. The Balaban J connectivity index is 2.22. The second kappa shape index (κ2) is 6.99. The quantitative estimate of drug-likeness (QED) is 0.583. The number of hydrogen-bond acceptors (Lipinski definition) is 3. The summed E-state index contributed by atoms with van der Waals surface area (Å²) in [4.78, 5) is 0. The molecule has 0 heterocycles. The van der Waals surface area contributed by atoms with Crippen molar-refractivity contribution >= 4 is 0 Å². The third kappa shape index (κ3) is 3.60. The van der Waals surface area contributed by atoms with E-state index in [1.807, 2.05) is 41.5 Å². The van der Waals surface area contributed by atoms with E-state index in [4.69, 9.17) is 14.2 Å². The van der Waals surface area contributed by atoms with Crippen molar-refractivity contribution in [3.63, 3.8) is 0 Å². The van der Waals surface area contributed by atoms with Crippen molar-refractivity contribution in [2.24, 2.45) is 0 Å². The Hall–Kier alpha value is -2.16. The SMILES string of the molecule is CC(C)Oc1cc2c(c(OC(C)C)c1OC(C)C)Cc1ccccc1-2. The maximum atomic E-state index is 6.24. The van der Waals surface area contributed by atoms with Crippen LogP contribution in [0.5, 0.6) is 17.2 Å². The molecule has 0 aromatic heterocycles. The summed E-state index contributed by atoms with van der Waals surface area (Å²) in [7, 11) is 0. The molecule has 1 aliphatic carbocycles. The maximum absolute atomic E-state index is 6.24. The van der Waals surface area contributed by atoms with Crippen LogP contribution >= 0.6 is 0 Å². The lowest BCUT2D eigenvalue weighted by molar-refractivity contribution is 0.175. The highest BCUT2D eigenvalue weighted by atomic mass is 16.6. The lowest BCUT2D eigenvalue weighted by atomic mass is 10.0. The Bertz CT molecular complexity index is 760. The molecule has 0 radical (unpaired) electrons. The van der Waals surface area contributed by atoms with Crippen molar-refractivity contribution in [2.45, 2.75) is 66.3 Å². The van der Waals surface area contributed by atoms with E-state index in [2.05, 4.69) is 30.3 Å². The van der Waals surface area contributed by atoms with Crippen LogP contribution in [0, 0.1) is 0 Å². The lowest BCUT2D eigenvalue weighted by Crippen LogP contribution is -2.15. The molecule has 2 aromatic rings. The molecule has 0 spiro atoms. The average molecular weight is 340 g/mol. The smallest absolute Gasteiger partial charge is 0.204 e. The van der Waals surface area contributed by atoms with Gasteiger partial charge in [0.25, 0.3) is 0 Å². The molecule has 0 fully saturated rings. The highest BCUT2D eigenvalue weighted by Crippen LogP contribution is 2.51. The standard InChI is InChI=1S/C22H28O3/c1-13(2)23-20-12-18-17-10-8-7-9-16(17)11-19(18)21(24-14(3)4)22(20)25-15(5)6/h7-10,12-15H,11H2,1-6H3. The summed E-state index contributed by atoms with van der Waals surface area (Å²) in [6, 6.07) is 10.6. The van der Waals surface area contributed by atoms with E-state index < -0.39 is 0 Å². The van der Waals surface area contributed by atoms with E-state index >= 15 is 0 Å². The highest BCUT2D eigenvalue weighted by molar-refractivity contribution is 5.83. The van der Waals surface area contributed by atoms with Gasteiger partial charge in [-0.25, -0.2) is 0 Å². The first-order valence-corrected chi connectivity index (χ1v) is 9.15. The van der Waals surface area contributed by atoms with Crippen LogP contribution in [-0.4, -0.2) is 18.3 Å². The Labute approximate surface area is 150 Å². The molecule has 134 valence electrons. The van der Waals surface area contributed by atoms with Crippen molar-refractivity contribution in [1.82, 2.24) is 0 Å². The van der Waals surface area contributed by atoms with Gasteiger partial charge in [-0.05, 0) is 64.3 Å². The first-order valence-electron chi connectivity index (χ1n) is 9.15. The second-order valence-electron chi connectivity index (χ2n) is 7.39. The van der Waals surface area contributed by atoms with Gasteiger partial charge < -0.3 is 14.2 Å². The molecule has 3 rings (SSSR count). The Kier molecular flexibility index (Phi) is 4.94. The summed E-state index contributed by atoms with van der Waals surface area (Å²) in [6.45, 7) is 12.2. The fourth-order valence-electron chi connectivity index (χ4n) is 3.25. The molecule has 0 saturated heterocycles. The Morgan fingerprint density at radius 1 is 0.720 bits per heavy atom. The predicted molar refractivity (Wildman–Crippen MR) is 102 cm³/mol. The van der Waals surface area contributed by atoms with E-state index in [-0.39, 0.29) is 18.3 Å². The number of rotatable bonds is 6. The molecule has 0 amide bonds. The van der Waals surface area contributed by atoms with Gasteiger partial charge in [0.1, 0.15) is 0 Å². The van der Waals surface area contributed by atoms with Gasteiger partial charge in [-0.1, -0.05) is 24.3 Å². The van der Waals surface area contributed by atoms with Gasteiger partial charge >= 0.3 is 0 Å². The normalized spacial score (nSPS) is 12.5. The van der Waals surface area contributed by atoms with Crippen LogP contribution in [0.25, 0.3) is 11.1 Å². The van der Waals surface area contributed by atoms with E-state index in [0.29, 0.717) is 0 Å². The summed E-state index contributed by atoms with van der Waals surface area (Å²) in [6.07, 6.45) is 1.04. The molecule has 0 atom stereocenters. The number of fused-ring (bicyclic) bond motifs is 3. The van der Waals surface area contributed by atoms with Crippen LogP contribution in [0.2, 0.25) is 0 Å². The predicted octanol–water partition coefficient (Wildman–Crippen LogP) is 5.62. The molecular weight excluding hydrogens is 312 g/mol. The summed E-state index contributed by atoms with van der Waals surface area (Å²) >= 11 is 0. The van der Waals surface area contributed by atoms with Crippen molar-refractivity contribution in [1.29, 1.82) is 0 Å². The molecule has 1 aliphatic rings. The van der Waals surface area contributed by atoms with Crippen LogP contribution in [0.1, 0.15) is 52.7 Å². The maximum Gasteiger partial charge on any atom is 0.204 e. The van der Waals surface area contributed by atoms with E-state index in [9.17, 15) is 0 Å². The average Bonchev–Trinajstić information content (AvgIpc) is 2.88. The van der Waals surface area contributed by atoms with Gasteiger partial charge in [-0.3, -0.25) is 0 Å². The van der Waals surface area contributed by atoms with Crippen molar-refractivity contribution < 1.29 is 14.2 Å². The minimum Gasteiger partial charge on any atom is -0.487 e. The van der Waals surface area contributed by atoms with Gasteiger partial charge in [0.2, 0.25) is 5.75 Å². The molecule has 0 N–H and O–H groups in total. The zero-order valence-corrected chi connectivity index (χ0v) is 16.1. The molecule has 3 heteroatoms. The summed E-state index contributed by atoms with van der Waals surface area (Å²) in [5.74, 6) is 2.31. The van der Waals surface area contributed by atoms with Crippen LogP contribution in [0.4, 0.5) is 0 Å². The third-order valence-electron chi connectivity index (χ3n) is 4.05. The molecule has 0 bridgehead atoms. The molecular formula is C22H28O3. The minimum absolute atomic E-state index is 0.0471. The van der Waals surface area contributed by atoms with Gasteiger partial charge in [0.15, 0.2) is 11.5 Å². The third-order valence-corrected chi connectivity index (χ3v) is 4.05. The fraction of sp³-hybridized carbons (Fsp3) is 0.455. The van der Waals surface area contributed by atoms with Gasteiger partial charge in [-0.15, -0.1) is 0 Å². The fourth-order valence-corrected chi connectivity index (χ4v) is 3.25.